The Balaban J connectivity index is 1.72. The van der Waals surface area contributed by atoms with Crippen molar-refractivity contribution < 1.29 is 19.1 Å². The van der Waals surface area contributed by atoms with Crippen molar-refractivity contribution in [3.8, 4) is 0 Å². The van der Waals surface area contributed by atoms with E-state index in [4.69, 9.17) is 4.74 Å². The SMILES string of the molecule is Cc1ccccc1C(=O)N[C@H](C(=O)O[C@H](C)C(=O)c1c[nH]c2ccccc12)C(C)C. The van der Waals surface area contributed by atoms with Crippen molar-refractivity contribution in [3.63, 3.8) is 0 Å². The minimum atomic E-state index is -0.978. The number of aromatic amines is 1. The molecule has 2 aromatic carbocycles. The van der Waals surface area contributed by atoms with Crippen LogP contribution in [-0.2, 0) is 9.53 Å². The van der Waals surface area contributed by atoms with Crippen LogP contribution in [0, 0.1) is 12.8 Å². The van der Waals surface area contributed by atoms with E-state index in [0.717, 1.165) is 16.5 Å². The molecular formula is C24H26N2O4. The maximum Gasteiger partial charge on any atom is 0.329 e. The molecule has 2 N–H and O–H groups in total. The van der Waals surface area contributed by atoms with Crippen molar-refractivity contribution in [2.75, 3.05) is 0 Å². The molecule has 1 aromatic heterocycles. The Morgan fingerprint density at radius 2 is 1.60 bits per heavy atom. The first kappa shape index (κ1) is 21.3. The Bertz CT molecular complexity index is 1080. The Hall–Kier alpha value is -3.41. The van der Waals surface area contributed by atoms with E-state index in [1.165, 1.54) is 0 Å². The number of amides is 1. The quantitative estimate of drug-likeness (QED) is 0.458. The van der Waals surface area contributed by atoms with Crippen molar-refractivity contribution in [1.82, 2.24) is 10.3 Å². The summed E-state index contributed by atoms with van der Waals surface area (Å²) in [6.07, 6.45) is 0.644. The zero-order chi connectivity index (χ0) is 21.8. The van der Waals surface area contributed by atoms with Gasteiger partial charge in [-0.3, -0.25) is 9.59 Å². The number of hydrogen-bond acceptors (Lipinski definition) is 4. The number of nitrogens with one attached hydrogen (secondary N) is 2. The molecule has 6 nitrogen and oxygen atoms in total. The third kappa shape index (κ3) is 4.43. The number of aryl methyl sites for hydroxylation is 1. The van der Waals surface area contributed by atoms with E-state index >= 15 is 0 Å². The van der Waals surface area contributed by atoms with Gasteiger partial charge in [-0.2, -0.15) is 0 Å². The second kappa shape index (κ2) is 8.95. The molecule has 1 amide bonds. The van der Waals surface area contributed by atoms with Crippen LogP contribution in [0.2, 0.25) is 0 Å². The van der Waals surface area contributed by atoms with Gasteiger partial charge in [-0.05, 0) is 37.5 Å². The molecule has 0 radical (unpaired) electrons. The number of carbonyl (C=O) groups excluding carboxylic acids is 3. The largest absolute Gasteiger partial charge is 0.453 e. The molecule has 0 spiro atoms. The first-order valence-corrected chi connectivity index (χ1v) is 9.97. The van der Waals surface area contributed by atoms with Crippen LogP contribution >= 0.6 is 0 Å². The maximum atomic E-state index is 12.9. The maximum absolute atomic E-state index is 12.9. The van der Waals surface area contributed by atoms with E-state index < -0.39 is 18.1 Å². The number of ketones is 1. The van der Waals surface area contributed by atoms with E-state index in [9.17, 15) is 14.4 Å². The number of H-pyrrole nitrogens is 1. The predicted octanol–water partition coefficient (Wildman–Crippen LogP) is 4.05. The van der Waals surface area contributed by atoms with Crippen LogP contribution < -0.4 is 5.32 Å². The highest BCUT2D eigenvalue weighted by molar-refractivity contribution is 6.10. The van der Waals surface area contributed by atoms with Gasteiger partial charge in [0.2, 0.25) is 5.78 Å². The van der Waals surface area contributed by atoms with E-state index in [1.807, 2.05) is 57.2 Å². The molecule has 2 atom stereocenters. The molecule has 1 heterocycles. The van der Waals surface area contributed by atoms with Crippen molar-refractivity contribution >= 4 is 28.6 Å². The number of carbonyl (C=O) groups is 3. The molecule has 0 unspecified atom stereocenters. The van der Waals surface area contributed by atoms with Gasteiger partial charge in [-0.15, -0.1) is 0 Å². The highest BCUT2D eigenvalue weighted by atomic mass is 16.5. The number of benzene rings is 2. The molecule has 0 aliphatic heterocycles. The highest BCUT2D eigenvalue weighted by Gasteiger charge is 2.30. The molecule has 0 aliphatic rings. The first-order chi connectivity index (χ1) is 14.3. The van der Waals surface area contributed by atoms with Crippen molar-refractivity contribution in [2.24, 2.45) is 5.92 Å². The molecule has 156 valence electrons. The van der Waals surface area contributed by atoms with Crippen LogP contribution in [0.15, 0.2) is 54.7 Å². The summed E-state index contributed by atoms with van der Waals surface area (Å²) in [6, 6.07) is 13.7. The molecule has 6 heteroatoms. The molecule has 3 rings (SSSR count). The number of para-hydroxylation sites is 1. The monoisotopic (exact) mass is 406 g/mol. The van der Waals surface area contributed by atoms with Crippen molar-refractivity contribution in [3.05, 3.63) is 71.4 Å². The fraction of sp³-hybridized carbons (Fsp3) is 0.292. The van der Waals surface area contributed by atoms with Crippen LogP contribution in [0.3, 0.4) is 0 Å². The zero-order valence-corrected chi connectivity index (χ0v) is 17.6. The number of hydrogen-bond donors (Lipinski definition) is 2. The minimum Gasteiger partial charge on any atom is -0.453 e. The van der Waals surface area contributed by atoms with E-state index in [1.54, 1.807) is 25.3 Å². The normalized spacial score (nSPS) is 13.1. The summed E-state index contributed by atoms with van der Waals surface area (Å²) in [4.78, 5) is 41.3. The van der Waals surface area contributed by atoms with Gasteiger partial charge in [-0.1, -0.05) is 50.2 Å². The van der Waals surface area contributed by atoms with Crippen LogP contribution in [0.25, 0.3) is 10.9 Å². The molecule has 0 aliphatic carbocycles. The summed E-state index contributed by atoms with van der Waals surface area (Å²) in [7, 11) is 0. The lowest BCUT2D eigenvalue weighted by molar-refractivity contribution is -0.149. The molecule has 0 saturated carbocycles. The summed E-state index contributed by atoms with van der Waals surface area (Å²) in [5, 5.41) is 3.53. The summed E-state index contributed by atoms with van der Waals surface area (Å²) in [5.41, 5.74) is 2.62. The average molecular weight is 406 g/mol. The van der Waals surface area contributed by atoms with Gasteiger partial charge in [-0.25, -0.2) is 4.79 Å². The van der Waals surface area contributed by atoms with Crippen molar-refractivity contribution in [2.45, 2.75) is 39.8 Å². The lowest BCUT2D eigenvalue weighted by atomic mass is 10.0. The fourth-order valence-electron chi connectivity index (χ4n) is 3.34. The van der Waals surface area contributed by atoms with Gasteiger partial charge in [0, 0.05) is 28.2 Å². The molecule has 0 bridgehead atoms. The zero-order valence-electron chi connectivity index (χ0n) is 17.6. The third-order valence-electron chi connectivity index (χ3n) is 5.11. The van der Waals surface area contributed by atoms with Crippen LogP contribution in [-0.4, -0.2) is 34.8 Å². The summed E-state index contributed by atoms with van der Waals surface area (Å²) in [6.45, 7) is 7.01. The van der Waals surface area contributed by atoms with E-state index in [2.05, 4.69) is 10.3 Å². The molecular weight excluding hydrogens is 380 g/mol. The Labute approximate surface area is 175 Å². The Morgan fingerprint density at radius 1 is 0.933 bits per heavy atom. The Morgan fingerprint density at radius 3 is 2.30 bits per heavy atom. The van der Waals surface area contributed by atoms with Gasteiger partial charge in [0.1, 0.15) is 6.04 Å². The standard InChI is InChI=1S/C24H26N2O4/c1-14(2)21(26-23(28)17-10-6-5-9-15(17)3)24(29)30-16(4)22(27)19-13-25-20-12-8-7-11-18(19)20/h5-14,16,21,25H,1-4H3,(H,26,28)/t16-,21+/m1/s1. The lowest BCUT2D eigenvalue weighted by Crippen LogP contribution is -2.46. The minimum absolute atomic E-state index is 0.208. The second-order valence-electron chi connectivity index (χ2n) is 7.70. The number of esters is 1. The number of aromatic nitrogens is 1. The van der Waals surface area contributed by atoms with E-state index in [0.29, 0.717) is 11.1 Å². The third-order valence-corrected chi connectivity index (χ3v) is 5.11. The number of ether oxygens (including phenoxy) is 1. The second-order valence-corrected chi connectivity index (χ2v) is 7.70. The van der Waals surface area contributed by atoms with Crippen LogP contribution in [0.5, 0.6) is 0 Å². The van der Waals surface area contributed by atoms with Gasteiger partial charge < -0.3 is 15.0 Å². The van der Waals surface area contributed by atoms with Gasteiger partial charge in [0.05, 0.1) is 0 Å². The van der Waals surface area contributed by atoms with Gasteiger partial charge in [0.25, 0.3) is 5.91 Å². The summed E-state index contributed by atoms with van der Waals surface area (Å²) in [5.74, 6) is -1.48. The molecule has 3 aromatic rings. The van der Waals surface area contributed by atoms with Crippen molar-refractivity contribution in [1.29, 1.82) is 0 Å². The highest BCUT2D eigenvalue weighted by Crippen LogP contribution is 2.20. The Kier molecular flexibility index (Phi) is 6.35. The van der Waals surface area contributed by atoms with Crippen LogP contribution in [0.1, 0.15) is 47.1 Å². The fourth-order valence-corrected chi connectivity index (χ4v) is 3.34. The number of fused-ring (bicyclic) bond motifs is 1. The number of Topliss-reactive ketones (excluding diaryl/α,β-unsaturated/α-hetero) is 1. The first-order valence-electron chi connectivity index (χ1n) is 9.97. The summed E-state index contributed by atoms with van der Waals surface area (Å²) < 4.78 is 5.46. The van der Waals surface area contributed by atoms with Gasteiger partial charge >= 0.3 is 5.97 Å². The summed E-state index contributed by atoms with van der Waals surface area (Å²) >= 11 is 0. The average Bonchev–Trinajstić information content (AvgIpc) is 3.15. The topological polar surface area (TPSA) is 88.3 Å². The van der Waals surface area contributed by atoms with E-state index in [-0.39, 0.29) is 17.6 Å². The molecule has 0 fully saturated rings. The van der Waals surface area contributed by atoms with Crippen LogP contribution in [0.4, 0.5) is 0 Å². The smallest absolute Gasteiger partial charge is 0.329 e. The van der Waals surface area contributed by atoms with Gasteiger partial charge in [0.15, 0.2) is 6.10 Å². The molecule has 30 heavy (non-hydrogen) atoms. The molecule has 0 saturated heterocycles. The number of rotatable bonds is 7. The predicted molar refractivity (Wildman–Crippen MR) is 115 cm³/mol. The lowest BCUT2D eigenvalue weighted by Gasteiger charge is -2.23.